The lowest BCUT2D eigenvalue weighted by Gasteiger charge is -2.08. The van der Waals surface area contributed by atoms with Gasteiger partial charge in [-0.3, -0.25) is 0 Å². The van der Waals surface area contributed by atoms with Crippen molar-refractivity contribution in [2.24, 2.45) is 0 Å². The molecule has 92 valence electrons. The molecule has 4 nitrogen and oxygen atoms in total. The van der Waals surface area contributed by atoms with E-state index >= 15 is 0 Å². The lowest BCUT2D eigenvalue weighted by atomic mass is 10.1. The lowest BCUT2D eigenvalue weighted by molar-refractivity contribution is -0.140. The van der Waals surface area contributed by atoms with E-state index in [1.54, 1.807) is 0 Å². The highest BCUT2D eigenvalue weighted by molar-refractivity contribution is 5.73. The van der Waals surface area contributed by atoms with Crippen LogP contribution in [-0.4, -0.2) is 25.7 Å². The van der Waals surface area contributed by atoms with Crippen molar-refractivity contribution in [1.29, 1.82) is 0 Å². The normalized spacial score (nSPS) is 12.6. The van der Waals surface area contributed by atoms with Crippen molar-refractivity contribution < 1.29 is 13.2 Å². The smallest absolute Gasteiger partial charge is 0.306 e. The van der Waals surface area contributed by atoms with Gasteiger partial charge >= 0.3 is 6.18 Å². The summed E-state index contributed by atoms with van der Waals surface area (Å²) in [5.41, 5.74) is 1.32. The van der Waals surface area contributed by atoms with Gasteiger partial charge in [0, 0.05) is 0 Å². The number of nitrogens with zero attached hydrogens (tertiary/aromatic N) is 4. The van der Waals surface area contributed by atoms with Crippen molar-refractivity contribution in [3.05, 3.63) is 18.3 Å². The Hall–Kier alpha value is -1.66. The second-order valence-electron chi connectivity index (χ2n) is 4.07. The van der Waals surface area contributed by atoms with Crippen LogP contribution in [0.1, 0.15) is 25.5 Å². The molecule has 0 unspecified atom stereocenters. The predicted octanol–water partition coefficient (Wildman–Crippen LogP) is 2.51. The van der Waals surface area contributed by atoms with E-state index in [2.05, 4.69) is 15.0 Å². The van der Waals surface area contributed by atoms with E-state index in [9.17, 15) is 13.2 Å². The third kappa shape index (κ3) is 2.37. The molecule has 0 saturated heterocycles. The molecule has 2 rings (SSSR count). The number of hydrogen-bond donors (Lipinski definition) is 0. The average molecular weight is 244 g/mol. The topological polar surface area (TPSA) is 43.6 Å². The molecule has 0 aliphatic heterocycles. The van der Waals surface area contributed by atoms with Crippen LogP contribution in [0.4, 0.5) is 13.2 Å². The zero-order valence-electron chi connectivity index (χ0n) is 9.36. The molecule has 0 aliphatic carbocycles. The van der Waals surface area contributed by atoms with Crippen molar-refractivity contribution in [3.63, 3.8) is 0 Å². The van der Waals surface area contributed by atoms with Crippen LogP contribution in [0.25, 0.3) is 11.2 Å². The van der Waals surface area contributed by atoms with Gasteiger partial charge in [-0.05, 0) is 5.92 Å². The average Bonchev–Trinajstić information content (AvgIpc) is 2.59. The second kappa shape index (κ2) is 3.97. The Morgan fingerprint density at radius 2 is 1.94 bits per heavy atom. The molecule has 2 aromatic heterocycles. The molecular formula is C10H11F3N4. The van der Waals surface area contributed by atoms with Gasteiger partial charge in [-0.25, -0.2) is 15.0 Å². The van der Waals surface area contributed by atoms with Crippen LogP contribution in [0.5, 0.6) is 0 Å². The van der Waals surface area contributed by atoms with Crippen molar-refractivity contribution in [1.82, 2.24) is 19.5 Å². The summed E-state index contributed by atoms with van der Waals surface area (Å²) in [6, 6.07) is 0. The van der Waals surface area contributed by atoms with E-state index in [-0.39, 0.29) is 11.6 Å². The number of rotatable bonds is 2. The summed E-state index contributed by atoms with van der Waals surface area (Å²) in [5, 5.41) is 0. The van der Waals surface area contributed by atoms with Crippen molar-refractivity contribution in [2.75, 3.05) is 0 Å². The van der Waals surface area contributed by atoms with Gasteiger partial charge in [0.05, 0.1) is 12.0 Å². The summed E-state index contributed by atoms with van der Waals surface area (Å²) in [7, 11) is 0. The summed E-state index contributed by atoms with van der Waals surface area (Å²) in [6.45, 7) is 2.73. The quantitative estimate of drug-likeness (QED) is 0.815. The number of halogens is 3. The van der Waals surface area contributed by atoms with Crippen LogP contribution >= 0.6 is 0 Å². The van der Waals surface area contributed by atoms with Gasteiger partial charge in [-0.1, -0.05) is 13.8 Å². The highest BCUT2D eigenvalue weighted by Crippen LogP contribution is 2.23. The monoisotopic (exact) mass is 244 g/mol. The molecule has 17 heavy (non-hydrogen) atoms. The molecule has 0 saturated carbocycles. The first-order valence-corrected chi connectivity index (χ1v) is 5.11. The lowest BCUT2D eigenvalue weighted by Crippen LogP contribution is -2.17. The molecule has 0 bridgehead atoms. The molecule has 0 fully saturated rings. The van der Waals surface area contributed by atoms with Crippen molar-refractivity contribution in [3.8, 4) is 0 Å². The third-order valence-electron chi connectivity index (χ3n) is 2.33. The van der Waals surface area contributed by atoms with E-state index < -0.39 is 12.7 Å². The molecule has 7 heteroatoms. The Bertz CT molecular complexity index is 530. The number of fused-ring (bicyclic) bond motifs is 1. The SMILES string of the molecule is CC(C)c1ncnc2c1ncn2CC(F)(F)F. The van der Waals surface area contributed by atoms with Crippen LogP contribution < -0.4 is 0 Å². The first kappa shape index (κ1) is 11.8. The Morgan fingerprint density at radius 3 is 2.53 bits per heavy atom. The maximum absolute atomic E-state index is 12.3. The largest absolute Gasteiger partial charge is 0.406 e. The van der Waals surface area contributed by atoms with E-state index in [0.717, 1.165) is 10.9 Å². The molecule has 2 aromatic rings. The minimum Gasteiger partial charge on any atom is -0.306 e. The van der Waals surface area contributed by atoms with Gasteiger partial charge in [-0.2, -0.15) is 13.2 Å². The first-order chi connectivity index (χ1) is 7.88. The summed E-state index contributed by atoms with van der Waals surface area (Å²) < 4.78 is 37.9. The molecule has 0 atom stereocenters. The molecular weight excluding hydrogens is 233 g/mol. The van der Waals surface area contributed by atoms with Crippen LogP contribution in [0, 0.1) is 0 Å². The molecule has 2 heterocycles. The predicted molar refractivity (Wildman–Crippen MR) is 55.5 cm³/mol. The van der Waals surface area contributed by atoms with Crippen LogP contribution in [0.3, 0.4) is 0 Å². The molecule has 0 N–H and O–H groups in total. The fourth-order valence-corrected chi connectivity index (χ4v) is 1.63. The van der Waals surface area contributed by atoms with Gasteiger partial charge in [0.25, 0.3) is 0 Å². The van der Waals surface area contributed by atoms with E-state index in [4.69, 9.17) is 0 Å². The van der Waals surface area contributed by atoms with Crippen molar-refractivity contribution in [2.45, 2.75) is 32.5 Å². The molecule has 0 aromatic carbocycles. The zero-order valence-corrected chi connectivity index (χ0v) is 9.36. The minimum atomic E-state index is -4.28. The fourth-order valence-electron chi connectivity index (χ4n) is 1.63. The van der Waals surface area contributed by atoms with Crippen molar-refractivity contribution >= 4 is 11.2 Å². The molecule has 0 spiro atoms. The summed E-state index contributed by atoms with van der Waals surface area (Å²) >= 11 is 0. The van der Waals surface area contributed by atoms with Crippen LogP contribution in [-0.2, 0) is 6.54 Å². The Labute approximate surface area is 95.5 Å². The minimum absolute atomic E-state index is 0.0923. The van der Waals surface area contributed by atoms with Gasteiger partial charge in [0.2, 0.25) is 0 Å². The zero-order chi connectivity index (χ0) is 12.6. The number of hydrogen-bond acceptors (Lipinski definition) is 3. The van der Waals surface area contributed by atoms with Crippen LogP contribution in [0.15, 0.2) is 12.7 Å². The van der Waals surface area contributed by atoms with Gasteiger partial charge in [0.15, 0.2) is 5.65 Å². The summed E-state index contributed by atoms with van der Waals surface area (Å²) in [6.07, 6.45) is -1.86. The number of aromatic nitrogens is 4. The Morgan fingerprint density at radius 1 is 1.24 bits per heavy atom. The van der Waals surface area contributed by atoms with Crippen LogP contribution in [0.2, 0.25) is 0 Å². The highest BCUT2D eigenvalue weighted by Gasteiger charge is 2.29. The molecule has 0 amide bonds. The Kier molecular flexibility index (Phi) is 2.76. The third-order valence-corrected chi connectivity index (χ3v) is 2.33. The summed E-state index contributed by atoms with van der Waals surface area (Å²) in [4.78, 5) is 11.9. The number of imidazole rings is 1. The second-order valence-corrected chi connectivity index (χ2v) is 4.07. The standard InChI is InChI=1S/C10H11F3N4/c1-6(2)7-8-9(15-4-14-7)17(5-16-8)3-10(11,12)13/h4-6H,3H2,1-2H3. The van der Waals surface area contributed by atoms with Gasteiger partial charge in [0.1, 0.15) is 18.4 Å². The maximum atomic E-state index is 12.3. The van der Waals surface area contributed by atoms with Gasteiger partial charge in [-0.15, -0.1) is 0 Å². The number of alkyl halides is 3. The van der Waals surface area contributed by atoms with E-state index in [1.165, 1.54) is 6.33 Å². The van der Waals surface area contributed by atoms with E-state index in [1.807, 2.05) is 13.8 Å². The Balaban J connectivity index is 2.51. The molecule has 0 aliphatic rings. The summed E-state index contributed by atoms with van der Waals surface area (Å²) in [5.74, 6) is 0.0923. The maximum Gasteiger partial charge on any atom is 0.406 e. The first-order valence-electron chi connectivity index (χ1n) is 5.11. The molecule has 0 radical (unpaired) electrons. The fraction of sp³-hybridized carbons (Fsp3) is 0.500. The highest BCUT2D eigenvalue weighted by atomic mass is 19.4. The van der Waals surface area contributed by atoms with Gasteiger partial charge < -0.3 is 4.57 Å². The van der Waals surface area contributed by atoms with E-state index in [0.29, 0.717) is 11.2 Å².